The fraction of sp³-hybridized carbons (Fsp3) is 0.258. The van der Waals surface area contributed by atoms with E-state index < -0.39 is 29.1 Å². The van der Waals surface area contributed by atoms with Gasteiger partial charge in [0.25, 0.3) is 11.8 Å². The zero-order valence-corrected chi connectivity index (χ0v) is 23.4. The van der Waals surface area contributed by atoms with Gasteiger partial charge in [-0.2, -0.15) is 18.3 Å². The summed E-state index contributed by atoms with van der Waals surface area (Å²) < 4.78 is 40.7. The number of benzene rings is 3. The third-order valence-electron chi connectivity index (χ3n) is 6.23. The largest absolute Gasteiger partial charge is 0.416 e. The molecular formula is C31H34F3N5O2. The first kappa shape index (κ1) is 31.1. The number of para-hydroxylation sites is 1. The van der Waals surface area contributed by atoms with E-state index in [1.165, 1.54) is 30.4 Å². The first-order valence-corrected chi connectivity index (χ1v) is 13.0. The molecule has 0 unspecified atom stereocenters. The predicted molar refractivity (Wildman–Crippen MR) is 154 cm³/mol. The lowest BCUT2D eigenvalue weighted by atomic mass is 10.0. The lowest BCUT2D eigenvalue weighted by Crippen LogP contribution is -2.56. The number of hydrogen-bond donors (Lipinski definition) is 2. The monoisotopic (exact) mass is 565 g/mol. The van der Waals surface area contributed by atoms with E-state index in [2.05, 4.69) is 10.4 Å². The maximum atomic E-state index is 13.5. The summed E-state index contributed by atoms with van der Waals surface area (Å²) in [6.07, 6.45) is -2.93. The van der Waals surface area contributed by atoms with Gasteiger partial charge < -0.3 is 11.1 Å². The molecule has 7 nitrogen and oxygen atoms in total. The Kier molecular flexibility index (Phi) is 10.1. The Balaban J connectivity index is 0.000000496. The maximum absolute atomic E-state index is 13.5. The molecule has 1 heterocycles. The van der Waals surface area contributed by atoms with Crippen molar-refractivity contribution in [2.24, 2.45) is 5.73 Å². The zero-order valence-electron chi connectivity index (χ0n) is 23.4. The number of alkyl halides is 3. The number of nitrogens with two attached hydrogens (primary N) is 1. The van der Waals surface area contributed by atoms with Gasteiger partial charge in [0.2, 0.25) is 0 Å². The molecule has 0 spiro atoms. The fourth-order valence-corrected chi connectivity index (χ4v) is 4.10. The molecule has 0 atom stereocenters. The number of likely N-dealkylation sites (N-methyl/N-ethyl adjacent to an activating group) is 1. The summed E-state index contributed by atoms with van der Waals surface area (Å²) in [5.41, 5.74) is 5.54. The first-order valence-electron chi connectivity index (χ1n) is 13.0. The molecular weight excluding hydrogens is 531 g/mol. The molecule has 3 aromatic carbocycles. The van der Waals surface area contributed by atoms with E-state index in [-0.39, 0.29) is 5.56 Å². The summed E-state index contributed by atoms with van der Waals surface area (Å²) >= 11 is 0. The molecule has 2 amide bonds. The van der Waals surface area contributed by atoms with Crippen LogP contribution in [0, 0.1) is 6.92 Å². The Hall–Kier alpha value is -4.44. The topological polar surface area (TPSA) is 93.2 Å². The highest BCUT2D eigenvalue weighted by Gasteiger charge is 2.37. The van der Waals surface area contributed by atoms with Gasteiger partial charge in [0.15, 0.2) is 0 Å². The number of aryl methyl sites for hydroxylation is 1. The van der Waals surface area contributed by atoms with Crippen LogP contribution in [0.15, 0.2) is 91.1 Å². The number of nitrogens with one attached hydrogen (secondary N) is 1. The minimum atomic E-state index is -4.58. The van der Waals surface area contributed by atoms with Crippen molar-refractivity contribution in [3.05, 3.63) is 113 Å². The predicted octanol–water partition coefficient (Wildman–Crippen LogP) is 5.91. The zero-order chi connectivity index (χ0) is 30.2. The average Bonchev–Trinajstić information content (AvgIpc) is 3.35. The summed E-state index contributed by atoms with van der Waals surface area (Å²) in [5, 5.41) is 6.97. The second-order valence-corrected chi connectivity index (χ2v) is 9.80. The number of nitrogens with zero attached hydrogens (tertiary/aromatic N) is 3. The Morgan fingerprint density at radius 3 is 2.10 bits per heavy atom. The highest BCUT2D eigenvalue weighted by molar-refractivity contribution is 6.04. The Labute approximate surface area is 237 Å². The van der Waals surface area contributed by atoms with E-state index in [0.717, 1.165) is 29.4 Å². The highest BCUT2D eigenvalue weighted by atomic mass is 19.4. The molecule has 4 aromatic rings. The smallest absolute Gasteiger partial charge is 0.338 e. The third kappa shape index (κ3) is 7.82. The fourth-order valence-electron chi connectivity index (χ4n) is 4.10. The van der Waals surface area contributed by atoms with Crippen LogP contribution in [-0.4, -0.2) is 33.7 Å². The van der Waals surface area contributed by atoms with Crippen molar-refractivity contribution in [1.82, 2.24) is 15.1 Å². The maximum Gasteiger partial charge on any atom is 0.416 e. The third-order valence-corrected chi connectivity index (χ3v) is 6.23. The van der Waals surface area contributed by atoms with E-state index in [9.17, 15) is 22.8 Å². The molecule has 10 heteroatoms. The molecule has 0 aliphatic rings. The molecule has 4 rings (SSSR count). The van der Waals surface area contributed by atoms with E-state index >= 15 is 0 Å². The van der Waals surface area contributed by atoms with Crippen LogP contribution in [0.5, 0.6) is 0 Å². The number of carbonyl (C=O) groups excluding carboxylic acids is 2. The Morgan fingerprint density at radius 1 is 0.951 bits per heavy atom. The first-order chi connectivity index (χ1) is 19.4. The van der Waals surface area contributed by atoms with Crippen LogP contribution >= 0.6 is 0 Å². The Bertz CT molecular complexity index is 1450. The van der Waals surface area contributed by atoms with Crippen molar-refractivity contribution in [2.75, 3.05) is 11.4 Å². The second kappa shape index (κ2) is 13.3. The SMILES string of the molecule is CCN(C(=O)C(C)(C)NC(=O)c1cccc(C(F)(F)F)c1)c1c(C)cnn1-c1ccccc1.NCc1ccccc1. The second-order valence-electron chi connectivity index (χ2n) is 9.80. The van der Waals surface area contributed by atoms with E-state index in [1.54, 1.807) is 17.8 Å². The standard InChI is InChI=1S/C24H25F3N4O2.C7H9N/c1-5-30(21-16(2)15-28-31(21)19-12-7-6-8-13-19)22(33)23(3,4)29-20(32)17-10-9-11-18(14-17)24(25,26)27;8-6-7-4-2-1-3-5-7/h6-15H,5H2,1-4H3,(H,29,32);1-5H,6,8H2. The molecule has 3 N–H and O–H groups in total. The normalized spacial score (nSPS) is 11.3. The molecule has 0 bridgehead atoms. The number of halogens is 3. The molecule has 41 heavy (non-hydrogen) atoms. The minimum Gasteiger partial charge on any atom is -0.338 e. The van der Waals surface area contributed by atoms with Crippen molar-refractivity contribution in [3.8, 4) is 5.69 Å². The molecule has 0 saturated carbocycles. The number of aromatic nitrogens is 2. The summed E-state index contributed by atoms with van der Waals surface area (Å²) in [5.74, 6) is -0.648. The summed E-state index contributed by atoms with van der Waals surface area (Å²) in [7, 11) is 0. The Morgan fingerprint density at radius 2 is 1.56 bits per heavy atom. The number of carbonyl (C=O) groups is 2. The quantitative estimate of drug-likeness (QED) is 0.292. The van der Waals surface area contributed by atoms with Crippen LogP contribution in [0.1, 0.15) is 47.8 Å². The summed E-state index contributed by atoms with van der Waals surface area (Å²) in [4.78, 5) is 27.7. The minimum absolute atomic E-state index is 0.181. The van der Waals surface area contributed by atoms with Crippen LogP contribution in [-0.2, 0) is 17.5 Å². The molecule has 0 aliphatic carbocycles. The van der Waals surface area contributed by atoms with Gasteiger partial charge in [-0.25, -0.2) is 4.68 Å². The van der Waals surface area contributed by atoms with Crippen molar-refractivity contribution in [2.45, 2.75) is 46.0 Å². The summed E-state index contributed by atoms with van der Waals surface area (Å²) in [6, 6.07) is 23.4. The van der Waals surface area contributed by atoms with Crippen LogP contribution in [0.25, 0.3) is 5.69 Å². The molecule has 0 aliphatic heterocycles. The van der Waals surface area contributed by atoms with Crippen LogP contribution in [0.4, 0.5) is 19.0 Å². The van der Waals surface area contributed by atoms with Gasteiger partial charge in [0.1, 0.15) is 11.4 Å². The van der Waals surface area contributed by atoms with E-state index in [4.69, 9.17) is 5.73 Å². The van der Waals surface area contributed by atoms with Gasteiger partial charge in [-0.3, -0.25) is 14.5 Å². The van der Waals surface area contributed by atoms with Gasteiger partial charge in [-0.15, -0.1) is 0 Å². The lowest BCUT2D eigenvalue weighted by molar-refractivity contribution is -0.137. The molecule has 0 radical (unpaired) electrons. The lowest BCUT2D eigenvalue weighted by Gasteiger charge is -2.32. The number of anilines is 1. The van der Waals surface area contributed by atoms with Gasteiger partial charge in [0, 0.05) is 24.2 Å². The molecule has 0 fully saturated rings. The van der Waals surface area contributed by atoms with E-state index in [0.29, 0.717) is 18.9 Å². The molecule has 216 valence electrons. The van der Waals surface area contributed by atoms with Gasteiger partial charge in [-0.05, 0) is 63.6 Å². The van der Waals surface area contributed by atoms with E-state index in [1.807, 2.05) is 67.6 Å². The highest BCUT2D eigenvalue weighted by Crippen LogP contribution is 2.30. The van der Waals surface area contributed by atoms with Crippen LogP contribution < -0.4 is 16.0 Å². The molecule has 0 saturated heterocycles. The van der Waals surface area contributed by atoms with Crippen molar-refractivity contribution >= 4 is 17.6 Å². The van der Waals surface area contributed by atoms with Crippen molar-refractivity contribution in [3.63, 3.8) is 0 Å². The average molecular weight is 566 g/mol. The van der Waals surface area contributed by atoms with Crippen LogP contribution in [0.3, 0.4) is 0 Å². The number of hydrogen-bond acceptors (Lipinski definition) is 4. The summed E-state index contributed by atoms with van der Waals surface area (Å²) in [6.45, 7) is 7.59. The van der Waals surface area contributed by atoms with Gasteiger partial charge in [-0.1, -0.05) is 54.6 Å². The van der Waals surface area contributed by atoms with Gasteiger partial charge in [0.05, 0.1) is 17.4 Å². The van der Waals surface area contributed by atoms with Crippen LogP contribution in [0.2, 0.25) is 0 Å². The van der Waals surface area contributed by atoms with Crippen molar-refractivity contribution in [1.29, 1.82) is 0 Å². The van der Waals surface area contributed by atoms with Crippen molar-refractivity contribution < 1.29 is 22.8 Å². The van der Waals surface area contributed by atoms with Gasteiger partial charge >= 0.3 is 6.18 Å². The number of amides is 2. The number of rotatable bonds is 7. The molecule has 1 aromatic heterocycles.